The van der Waals surface area contributed by atoms with Crippen LogP contribution < -0.4 is 4.74 Å². The van der Waals surface area contributed by atoms with Crippen molar-refractivity contribution < 1.29 is 36.3 Å². The molecule has 298 valence electrons. The Morgan fingerprint density at radius 2 is 1.20 bits per heavy atom. The number of hydrogen-bond acceptors (Lipinski definition) is 7. The smallest absolute Gasteiger partial charge is 0.333 e. The topological polar surface area (TPSA) is 109 Å². The Balaban J connectivity index is 1.06. The van der Waals surface area contributed by atoms with Crippen molar-refractivity contribution in [3.63, 3.8) is 0 Å². The molecule has 0 fully saturated rings. The number of fused-ring (bicyclic) bond motifs is 3. The average molecular weight is 812 g/mol. The van der Waals surface area contributed by atoms with Crippen LogP contribution in [0.2, 0.25) is 0 Å². The minimum atomic E-state index is -3.64. The lowest BCUT2D eigenvalue weighted by Gasteiger charge is -2.12. The van der Waals surface area contributed by atoms with Gasteiger partial charge in [-0.25, -0.2) is 31.8 Å². The molecule has 0 unspecified atom stereocenters. The van der Waals surface area contributed by atoms with E-state index in [2.05, 4.69) is 4.98 Å². The summed E-state index contributed by atoms with van der Waals surface area (Å²) in [6.45, 7) is 4.86. The highest BCUT2D eigenvalue weighted by Gasteiger charge is 2.24. The van der Waals surface area contributed by atoms with Gasteiger partial charge in [0.2, 0.25) is 5.88 Å². The van der Waals surface area contributed by atoms with Gasteiger partial charge in [0.1, 0.15) is 30.5 Å². The maximum atomic E-state index is 14.8. The normalized spacial score (nSPS) is 11.8. The first kappa shape index (κ1) is 39.2. The number of pyridine rings is 1. The molecule has 8 rings (SSSR count). The van der Waals surface area contributed by atoms with Crippen LogP contribution in [0.3, 0.4) is 0 Å². The van der Waals surface area contributed by atoms with E-state index in [1.54, 1.807) is 46.5 Å². The zero-order chi connectivity index (χ0) is 41.6. The Hall–Kier alpha value is -6.66. The number of carbonyl (C=O) groups is 2. The van der Waals surface area contributed by atoms with E-state index in [-0.39, 0.29) is 24.4 Å². The van der Waals surface area contributed by atoms with Gasteiger partial charge in [-0.2, -0.15) is 0 Å². The predicted octanol–water partition coefficient (Wildman–Crippen LogP) is 9.50. The van der Waals surface area contributed by atoms with Gasteiger partial charge in [0.05, 0.1) is 4.90 Å². The molecule has 0 amide bonds. The molecule has 0 radical (unpaired) electrons. The molecule has 0 aliphatic carbocycles. The lowest BCUT2D eigenvalue weighted by Crippen LogP contribution is -2.22. The van der Waals surface area contributed by atoms with E-state index in [4.69, 9.17) is 9.47 Å². The van der Waals surface area contributed by atoms with Gasteiger partial charge in [0, 0.05) is 64.1 Å². The van der Waals surface area contributed by atoms with Crippen LogP contribution in [0, 0.1) is 32.4 Å². The van der Waals surface area contributed by atoms with Crippen LogP contribution in [0.4, 0.5) is 8.78 Å². The summed E-state index contributed by atoms with van der Waals surface area (Å²) in [5, 5.41) is 2.71. The third kappa shape index (κ3) is 7.96. The molecule has 5 aromatic carbocycles. The Morgan fingerprint density at radius 1 is 0.661 bits per heavy atom. The highest BCUT2D eigenvalue weighted by atomic mass is 32.2. The van der Waals surface area contributed by atoms with Gasteiger partial charge in [-0.3, -0.25) is 0 Å². The summed E-state index contributed by atoms with van der Waals surface area (Å²) in [7, 11) is -3.64. The zero-order valence-corrected chi connectivity index (χ0v) is 33.6. The van der Waals surface area contributed by atoms with E-state index in [0.29, 0.717) is 62.4 Å². The van der Waals surface area contributed by atoms with E-state index in [1.807, 2.05) is 74.5 Å². The van der Waals surface area contributed by atoms with E-state index >= 15 is 0 Å². The van der Waals surface area contributed by atoms with Crippen molar-refractivity contribution in [2.45, 2.75) is 51.6 Å². The van der Waals surface area contributed by atoms with Crippen molar-refractivity contribution in [1.29, 1.82) is 0 Å². The SMILES string of the molecule is Cc1ccc(Oc2ncccc2Cc2c(C)n(CC(=O)OC(=O)Cn3c(C)c(Cc4cc5ccccc5cc4S(C)(=O)=O)c4cc(F)ccc43)c3ccc(F)cc23)cc1. The number of ether oxygens (including phenoxy) is 2. The van der Waals surface area contributed by atoms with Crippen LogP contribution in [0.5, 0.6) is 11.6 Å². The number of rotatable bonds is 11. The summed E-state index contributed by atoms with van der Waals surface area (Å²) in [6.07, 6.45) is 3.24. The van der Waals surface area contributed by atoms with Gasteiger partial charge in [0.25, 0.3) is 0 Å². The fourth-order valence-corrected chi connectivity index (χ4v) is 8.80. The van der Waals surface area contributed by atoms with Crippen LogP contribution in [0.25, 0.3) is 32.6 Å². The number of benzene rings is 5. The lowest BCUT2D eigenvalue weighted by atomic mass is 9.99. The van der Waals surface area contributed by atoms with Crippen LogP contribution in [-0.4, -0.2) is 40.7 Å². The minimum Gasteiger partial charge on any atom is -0.439 e. The van der Waals surface area contributed by atoms with Crippen molar-refractivity contribution in [3.8, 4) is 11.6 Å². The first-order chi connectivity index (χ1) is 28.2. The molecule has 0 saturated carbocycles. The number of esters is 2. The molecule has 59 heavy (non-hydrogen) atoms. The zero-order valence-electron chi connectivity index (χ0n) is 32.8. The summed E-state index contributed by atoms with van der Waals surface area (Å²) in [6, 6.07) is 30.7. The molecule has 9 nitrogen and oxygen atoms in total. The Kier molecular flexibility index (Phi) is 10.4. The number of aromatic nitrogens is 3. The van der Waals surface area contributed by atoms with Crippen molar-refractivity contribution >= 4 is 54.4 Å². The molecule has 12 heteroatoms. The first-order valence-corrected chi connectivity index (χ1v) is 20.8. The summed E-state index contributed by atoms with van der Waals surface area (Å²) in [5.41, 5.74) is 6.10. The average Bonchev–Trinajstić information content (AvgIpc) is 3.59. The maximum absolute atomic E-state index is 14.8. The third-order valence-electron chi connectivity index (χ3n) is 10.8. The van der Waals surface area contributed by atoms with Gasteiger partial charge in [-0.15, -0.1) is 0 Å². The van der Waals surface area contributed by atoms with Crippen LogP contribution in [0.15, 0.2) is 120 Å². The van der Waals surface area contributed by atoms with Crippen LogP contribution in [0.1, 0.15) is 39.2 Å². The van der Waals surface area contributed by atoms with Crippen molar-refractivity contribution in [2.24, 2.45) is 0 Å². The predicted molar refractivity (Wildman–Crippen MR) is 223 cm³/mol. The fourth-order valence-electron chi connectivity index (χ4n) is 7.85. The summed E-state index contributed by atoms with van der Waals surface area (Å²) < 4.78 is 70.3. The summed E-state index contributed by atoms with van der Waals surface area (Å²) >= 11 is 0. The van der Waals surface area contributed by atoms with Gasteiger partial charge in [-0.1, -0.05) is 48.0 Å². The van der Waals surface area contributed by atoms with Crippen molar-refractivity contribution in [3.05, 3.63) is 166 Å². The fraction of sp³-hybridized carbons (Fsp3) is 0.170. The lowest BCUT2D eigenvalue weighted by molar-refractivity contribution is -0.160. The van der Waals surface area contributed by atoms with E-state index in [9.17, 15) is 26.8 Å². The van der Waals surface area contributed by atoms with Gasteiger partial charge in [-0.05, 0) is 115 Å². The molecule has 0 saturated heterocycles. The molecule has 0 bridgehead atoms. The van der Waals surface area contributed by atoms with Gasteiger partial charge >= 0.3 is 11.9 Å². The Morgan fingerprint density at radius 3 is 1.76 bits per heavy atom. The maximum Gasteiger partial charge on any atom is 0.333 e. The molecular formula is C47H39F2N3O6S. The van der Waals surface area contributed by atoms with E-state index in [1.165, 1.54) is 24.3 Å². The highest BCUT2D eigenvalue weighted by molar-refractivity contribution is 7.90. The van der Waals surface area contributed by atoms with Crippen LogP contribution >= 0.6 is 0 Å². The quantitative estimate of drug-likeness (QED) is 0.0946. The highest BCUT2D eigenvalue weighted by Crippen LogP contribution is 2.34. The van der Waals surface area contributed by atoms with E-state index in [0.717, 1.165) is 33.7 Å². The van der Waals surface area contributed by atoms with Gasteiger partial charge in [0.15, 0.2) is 9.84 Å². The molecule has 0 aliphatic rings. The largest absolute Gasteiger partial charge is 0.439 e. The molecule has 0 atom stereocenters. The monoisotopic (exact) mass is 811 g/mol. The summed E-state index contributed by atoms with van der Waals surface area (Å²) in [4.78, 5) is 31.7. The van der Waals surface area contributed by atoms with Crippen molar-refractivity contribution in [2.75, 3.05) is 6.26 Å². The Labute approximate surface area is 339 Å². The summed E-state index contributed by atoms with van der Waals surface area (Å²) in [5.74, 6) is -1.61. The second-order valence-electron chi connectivity index (χ2n) is 14.8. The van der Waals surface area contributed by atoms with E-state index < -0.39 is 33.4 Å². The van der Waals surface area contributed by atoms with Gasteiger partial charge < -0.3 is 18.6 Å². The molecular weight excluding hydrogens is 773 g/mol. The molecule has 0 aliphatic heterocycles. The second-order valence-corrected chi connectivity index (χ2v) is 16.8. The Bertz CT molecular complexity index is 3080. The number of aryl methyl sites for hydroxylation is 1. The standard InChI is InChI=1S/C47H39F2N3O6S/c1-28-11-15-37(16-12-28)57-47-33(10-7-19-50-47)21-38-29(2)51(42-17-13-35(48)24-40(38)42)26-45(53)58-46(54)27-52-30(3)39(41-25-36(49)14-18-43(41)52)22-34-20-31-8-5-6-9-32(31)23-44(34)59(4,55)56/h5-20,23-25H,21-22,26-27H2,1-4H3. The third-order valence-corrected chi connectivity index (χ3v) is 12.0. The van der Waals surface area contributed by atoms with Crippen LogP contribution in [-0.2, 0) is 50.1 Å². The second kappa shape index (κ2) is 15.6. The molecule has 3 aromatic heterocycles. The number of carbonyl (C=O) groups excluding carboxylic acids is 2. The molecule has 0 N–H and O–H groups in total. The number of hydrogen-bond donors (Lipinski definition) is 0. The minimum absolute atomic E-state index is 0.140. The number of halogens is 2. The first-order valence-electron chi connectivity index (χ1n) is 18.9. The molecule has 8 aromatic rings. The number of sulfone groups is 1. The number of nitrogens with zero attached hydrogens (tertiary/aromatic N) is 3. The molecule has 3 heterocycles. The molecule has 0 spiro atoms. The van der Waals surface area contributed by atoms with Crippen molar-refractivity contribution in [1.82, 2.24) is 14.1 Å².